The molecule has 0 unspecified atom stereocenters. The summed E-state index contributed by atoms with van der Waals surface area (Å²) in [4.78, 5) is 19.9. The first-order valence-corrected chi connectivity index (χ1v) is 10.6. The molecule has 0 radical (unpaired) electrons. The van der Waals surface area contributed by atoms with Gasteiger partial charge in [-0.15, -0.1) is 0 Å². The van der Waals surface area contributed by atoms with Crippen LogP contribution in [0.2, 0.25) is 0 Å². The molecule has 0 amide bonds. The topological polar surface area (TPSA) is 105 Å². The van der Waals surface area contributed by atoms with Crippen molar-refractivity contribution in [1.29, 1.82) is 0 Å². The summed E-state index contributed by atoms with van der Waals surface area (Å²) < 4.78 is 1.74. The van der Waals surface area contributed by atoms with Crippen LogP contribution in [0, 0.1) is 6.92 Å². The van der Waals surface area contributed by atoms with Gasteiger partial charge in [0.1, 0.15) is 18.0 Å². The molecule has 1 saturated heterocycles. The largest absolute Gasteiger partial charge is 0.393 e. The Balaban J connectivity index is 1.28. The van der Waals surface area contributed by atoms with Crippen LogP contribution in [0.4, 0.5) is 17.5 Å². The van der Waals surface area contributed by atoms with Crippen molar-refractivity contribution in [2.24, 2.45) is 0 Å². The Morgan fingerprint density at radius 1 is 0.969 bits per heavy atom. The fourth-order valence-corrected chi connectivity index (χ4v) is 3.70. The smallest absolute Gasteiger partial charge is 0.227 e. The van der Waals surface area contributed by atoms with Crippen LogP contribution in [-0.4, -0.2) is 54.0 Å². The second-order valence-corrected chi connectivity index (χ2v) is 7.80. The Labute approximate surface area is 185 Å². The van der Waals surface area contributed by atoms with Crippen molar-refractivity contribution in [3.05, 3.63) is 67.0 Å². The van der Waals surface area contributed by atoms with Crippen molar-refractivity contribution >= 4 is 17.5 Å². The lowest BCUT2D eigenvalue weighted by Gasteiger charge is -2.30. The van der Waals surface area contributed by atoms with Gasteiger partial charge in [-0.1, -0.05) is 0 Å². The van der Waals surface area contributed by atoms with Crippen LogP contribution >= 0.6 is 0 Å². The third-order valence-corrected chi connectivity index (χ3v) is 5.48. The number of aliphatic hydroxyl groups is 1. The number of anilines is 3. The van der Waals surface area contributed by atoms with Gasteiger partial charge in [-0.05, 0) is 62.2 Å². The quantitative estimate of drug-likeness (QED) is 0.500. The Morgan fingerprint density at radius 3 is 2.47 bits per heavy atom. The molecule has 0 spiro atoms. The number of nitrogens with zero attached hydrogens (tertiary/aromatic N) is 7. The highest BCUT2D eigenvalue weighted by molar-refractivity contribution is 5.63. The molecule has 1 aromatic carbocycles. The normalized spacial score (nSPS) is 14.5. The monoisotopic (exact) mass is 428 g/mol. The molecule has 2 N–H and O–H groups in total. The van der Waals surface area contributed by atoms with Crippen molar-refractivity contribution in [1.82, 2.24) is 29.7 Å². The van der Waals surface area contributed by atoms with Crippen molar-refractivity contribution in [2.75, 3.05) is 23.3 Å². The van der Waals surface area contributed by atoms with Crippen LogP contribution in [0.15, 0.2) is 61.2 Å². The van der Waals surface area contributed by atoms with Crippen molar-refractivity contribution < 1.29 is 5.11 Å². The molecular weight excluding hydrogens is 404 g/mol. The summed E-state index contributed by atoms with van der Waals surface area (Å²) in [5, 5.41) is 17.3. The summed E-state index contributed by atoms with van der Waals surface area (Å²) in [5.41, 5.74) is 3.53. The molecule has 9 heteroatoms. The number of hydrogen-bond acceptors (Lipinski definition) is 8. The summed E-state index contributed by atoms with van der Waals surface area (Å²) in [6.45, 7) is 3.51. The first kappa shape index (κ1) is 20.1. The van der Waals surface area contributed by atoms with E-state index < -0.39 is 0 Å². The van der Waals surface area contributed by atoms with Gasteiger partial charge in [-0.2, -0.15) is 5.10 Å². The Hall–Kier alpha value is -3.85. The predicted octanol–water partition coefficient (Wildman–Crippen LogP) is 3.13. The number of nitrogens with one attached hydrogen (secondary N) is 1. The Bertz CT molecular complexity index is 1180. The Morgan fingerprint density at radius 2 is 1.78 bits per heavy atom. The van der Waals surface area contributed by atoms with Crippen LogP contribution in [-0.2, 0) is 0 Å². The molecule has 32 heavy (non-hydrogen) atoms. The van der Waals surface area contributed by atoms with Gasteiger partial charge in [-0.3, -0.25) is 0 Å². The van der Waals surface area contributed by atoms with E-state index in [4.69, 9.17) is 0 Å². The van der Waals surface area contributed by atoms with Crippen LogP contribution in [0.25, 0.3) is 16.9 Å². The molecule has 0 atom stereocenters. The van der Waals surface area contributed by atoms with Gasteiger partial charge in [0, 0.05) is 36.7 Å². The van der Waals surface area contributed by atoms with E-state index in [1.165, 1.54) is 0 Å². The van der Waals surface area contributed by atoms with Gasteiger partial charge in [0.25, 0.3) is 0 Å². The summed E-state index contributed by atoms with van der Waals surface area (Å²) >= 11 is 0. The SMILES string of the molecule is Cc1ncn(-c2ccc(Nc3nccc(-c4ccc(N5CCC(O)CC5)nc4)n3)cc2)n1. The van der Waals surface area contributed by atoms with Gasteiger partial charge in [0.05, 0.1) is 17.5 Å². The number of benzene rings is 1. The lowest BCUT2D eigenvalue weighted by molar-refractivity contribution is 0.145. The second kappa shape index (κ2) is 8.72. The zero-order valence-corrected chi connectivity index (χ0v) is 17.8. The molecule has 1 aliphatic heterocycles. The maximum absolute atomic E-state index is 9.69. The van der Waals surface area contributed by atoms with E-state index in [-0.39, 0.29) is 6.10 Å². The van der Waals surface area contributed by atoms with Crippen LogP contribution < -0.4 is 10.2 Å². The van der Waals surface area contributed by atoms with Gasteiger partial charge >= 0.3 is 0 Å². The molecule has 4 heterocycles. The van der Waals surface area contributed by atoms with E-state index in [9.17, 15) is 5.11 Å². The van der Waals surface area contributed by atoms with E-state index in [2.05, 4.69) is 35.3 Å². The fourth-order valence-electron chi connectivity index (χ4n) is 3.70. The standard InChI is InChI=1S/C23H24N8O/c1-16-26-15-31(29-16)19-5-3-18(4-6-19)27-23-24-11-8-21(28-23)17-2-7-22(25-14-17)30-12-9-20(32)10-13-30/h2-8,11,14-15,20,32H,9-10,12-13H2,1H3,(H,24,27,28). The lowest BCUT2D eigenvalue weighted by atomic mass is 10.1. The molecular formula is C23H24N8O. The summed E-state index contributed by atoms with van der Waals surface area (Å²) in [6, 6.07) is 13.7. The lowest BCUT2D eigenvalue weighted by Crippen LogP contribution is -2.36. The van der Waals surface area contributed by atoms with Crippen LogP contribution in [0.5, 0.6) is 0 Å². The molecule has 3 aromatic heterocycles. The van der Waals surface area contributed by atoms with E-state index in [0.717, 1.165) is 60.2 Å². The highest BCUT2D eigenvalue weighted by Crippen LogP contribution is 2.23. The molecule has 9 nitrogen and oxygen atoms in total. The maximum atomic E-state index is 9.69. The zero-order valence-electron chi connectivity index (χ0n) is 17.8. The molecule has 1 fully saturated rings. The molecule has 5 rings (SSSR count). The van der Waals surface area contributed by atoms with Gasteiger partial charge < -0.3 is 15.3 Å². The van der Waals surface area contributed by atoms with Crippen LogP contribution in [0.1, 0.15) is 18.7 Å². The van der Waals surface area contributed by atoms with E-state index in [1.807, 2.05) is 55.6 Å². The van der Waals surface area contributed by atoms with Crippen molar-refractivity contribution in [3.63, 3.8) is 0 Å². The number of pyridine rings is 1. The fraction of sp³-hybridized carbons (Fsp3) is 0.261. The summed E-state index contributed by atoms with van der Waals surface area (Å²) in [7, 11) is 0. The number of aromatic nitrogens is 6. The first-order chi connectivity index (χ1) is 15.6. The van der Waals surface area contributed by atoms with Crippen molar-refractivity contribution in [2.45, 2.75) is 25.9 Å². The molecule has 0 bridgehead atoms. The maximum Gasteiger partial charge on any atom is 0.227 e. The minimum absolute atomic E-state index is 0.194. The number of aryl methyl sites for hydroxylation is 1. The van der Waals surface area contributed by atoms with Gasteiger partial charge in [-0.25, -0.2) is 24.6 Å². The Kier molecular flexibility index (Phi) is 5.47. The predicted molar refractivity (Wildman–Crippen MR) is 122 cm³/mol. The molecule has 162 valence electrons. The second-order valence-electron chi connectivity index (χ2n) is 7.80. The first-order valence-electron chi connectivity index (χ1n) is 10.6. The third kappa shape index (κ3) is 4.42. The average Bonchev–Trinajstić information content (AvgIpc) is 3.27. The number of rotatable bonds is 5. The molecule has 0 aliphatic carbocycles. The number of piperidine rings is 1. The highest BCUT2D eigenvalue weighted by atomic mass is 16.3. The third-order valence-electron chi connectivity index (χ3n) is 5.48. The van der Waals surface area contributed by atoms with Gasteiger partial charge in [0.2, 0.25) is 5.95 Å². The minimum Gasteiger partial charge on any atom is -0.393 e. The average molecular weight is 429 g/mol. The zero-order chi connectivity index (χ0) is 21.9. The summed E-state index contributed by atoms with van der Waals surface area (Å²) in [5.74, 6) is 2.17. The number of aliphatic hydroxyl groups excluding tert-OH is 1. The minimum atomic E-state index is -0.194. The highest BCUT2D eigenvalue weighted by Gasteiger charge is 2.18. The van der Waals surface area contributed by atoms with Crippen LogP contribution in [0.3, 0.4) is 0 Å². The van der Waals surface area contributed by atoms with E-state index in [1.54, 1.807) is 17.2 Å². The molecule has 0 saturated carbocycles. The van der Waals surface area contributed by atoms with Gasteiger partial charge in [0.15, 0.2) is 0 Å². The molecule has 4 aromatic rings. The summed E-state index contributed by atoms with van der Waals surface area (Å²) in [6.07, 6.45) is 6.63. The van der Waals surface area contributed by atoms with E-state index in [0.29, 0.717) is 5.95 Å². The van der Waals surface area contributed by atoms with Crippen molar-refractivity contribution in [3.8, 4) is 16.9 Å². The van der Waals surface area contributed by atoms with E-state index >= 15 is 0 Å². The number of hydrogen-bond donors (Lipinski definition) is 2. The molecule has 1 aliphatic rings.